The fourth-order valence-corrected chi connectivity index (χ4v) is 2.17. The van der Waals surface area contributed by atoms with Crippen molar-refractivity contribution in [1.82, 2.24) is 14.5 Å². The second-order valence-corrected chi connectivity index (χ2v) is 4.20. The van der Waals surface area contributed by atoms with Crippen LogP contribution in [0.5, 0.6) is 0 Å². The molecule has 1 saturated heterocycles. The van der Waals surface area contributed by atoms with E-state index in [1.54, 1.807) is 12.4 Å². The van der Waals surface area contributed by atoms with Crippen LogP contribution >= 0.6 is 0 Å². The Kier molecular flexibility index (Phi) is 2.71. The maximum Gasteiger partial charge on any atom is 0.356 e. The first-order valence-corrected chi connectivity index (χ1v) is 5.79. The summed E-state index contributed by atoms with van der Waals surface area (Å²) in [6, 6.07) is 3.81. The van der Waals surface area contributed by atoms with Crippen molar-refractivity contribution in [3.63, 3.8) is 0 Å². The number of rotatable bonds is 2. The maximum atomic E-state index is 11.4. The Balaban J connectivity index is 2.02. The Hall–Kier alpha value is -1.95. The number of nitrogens with zero attached hydrogens (tertiary/aromatic N) is 3. The van der Waals surface area contributed by atoms with Crippen molar-refractivity contribution >= 4 is 17.1 Å². The Labute approximate surface area is 104 Å². The summed E-state index contributed by atoms with van der Waals surface area (Å²) < 4.78 is 12.1. The smallest absolute Gasteiger partial charge is 0.356 e. The van der Waals surface area contributed by atoms with Crippen LogP contribution in [0.3, 0.4) is 0 Å². The normalized spacial score (nSPS) is 19.3. The van der Waals surface area contributed by atoms with E-state index in [4.69, 9.17) is 4.74 Å². The van der Waals surface area contributed by atoms with Crippen molar-refractivity contribution < 1.29 is 14.3 Å². The molecule has 3 rings (SSSR count). The van der Waals surface area contributed by atoms with Crippen molar-refractivity contribution in [1.29, 1.82) is 0 Å². The van der Waals surface area contributed by atoms with Gasteiger partial charge in [-0.15, -0.1) is 0 Å². The SMILES string of the molecule is COC(=O)c1ccc2c(ncn2C2CCOC2)n1. The van der Waals surface area contributed by atoms with Crippen LogP contribution in [0.2, 0.25) is 0 Å². The Morgan fingerprint density at radius 3 is 3.17 bits per heavy atom. The lowest BCUT2D eigenvalue weighted by atomic mass is 10.2. The number of carbonyl (C=O) groups is 1. The number of fused-ring (bicyclic) bond motifs is 1. The van der Waals surface area contributed by atoms with Crippen LogP contribution in [0.25, 0.3) is 11.2 Å². The number of carbonyl (C=O) groups excluding carboxylic acids is 1. The molecule has 0 amide bonds. The van der Waals surface area contributed by atoms with Gasteiger partial charge in [0.1, 0.15) is 0 Å². The maximum absolute atomic E-state index is 11.4. The summed E-state index contributed by atoms with van der Waals surface area (Å²) in [5, 5.41) is 0. The van der Waals surface area contributed by atoms with Crippen LogP contribution in [-0.2, 0) is 9.47 Å². The molecule has 6 heteroatoms. The molecule has 2 aromatic rings. The molecule has 3 heterocycles. The summed E-state index contributed by atoms with van der Waals surface area (Å²) in [7, 11) is 1.34. The molecule has 0 saturated carbocycles. The number of imidazole rings is 1. The first-order chi connectivity index (χ1) is 8.79. The molecule has 1 atom stereocenters. The van der Waals surface area contributed by atoms with Crippen molar-refractivity contribution in [2.24, 2.45) is 0 Å². The highest BCUT2D eigenvalue weighted by Crippen LogP contribution is 2.23. The van der Waals surface area contributed by atoms with Crippen molar-refractivity contribution in [3.05, 3.63) is 24.2 Å². The lowest BCUT2D eigenvalue weighted by Crippen LogP contribution is -2.08. The van der Waals surface area contributed by atoms with Gasteiger partial charge < -0.3 is 14.0 Å². The molecule has 0 aromatic carbocycles. The van der Waals surface area contributed by atoms with E-state index in [1.165, 1.54) is 7.11 Å². The molecule has 94 valence electrons. The lowest BCUT2D eigenvalue weighted by Gasteiger charge is -2.10. The van der Waals surface area contributed by atoms with Gasteiger partial charge in [0, 0.05) is 6.61 Å². The molecule has 1 aliphatic rings. The molecule has 1 unspecified atom stereocenters. The lowest BCUT2D eigenvalue weighted by molar-refractivity contribution is 0.0594. The zero-order chi connectivity index (χ0) is 12.5. The van der Waals surface area contributed by atoms with Crippen molar-refractivity contribution in [3.8, 4) is 0 Å². The molecule has 0 radical (unpaired) electrons. The molecule has 0 bridgehead atoms. The molecule has 1 aliphatic heterocycles. The van der Waals surface area contributed by atoms with Gasteiger partial charge in [0.25, 0.3) is 0 Å². The summed E-state index contributed by atoms with van der Waals surface area (Å²) >= 11 is 0. The minimum Gasteiger partial charge on any atom is -0.464 e. The summed E-state index contributed by atoms with van der Waals surface area (Å²) in [6.45, 7) is 1.47. The van der Waals surface area contributed by atoms with Crippen molar-refractivity contribution in [2.45, 2.75) is 12.5 Å². The zero-order valence-corrected chi connectivity index (χ0v) is 10.00. The van der Waals surface area contributed by atoms with Gasteiger partial charge in [0.2, 0.25) is 0 Å². The van der Waals surface area contributed by atoms with Crippen LogP contribution in [0.1, 0.15) is 23.0 Å². The summed E-state index contributed by atoms with van der Waals surface area (Å²) in [5.41, 5.74) is 1.75. The largest absolute Gasteiger partial charge is 0.464 e. The summed E-state index contributed by atoms with van der Waals surface area (Å²) in [5.74, 6) is -0.448. The van der Waals surface area contributed by atoms with E-state index in [0.29, 0.717) is 18.3 Å². The van der Waals surface area contributed by atoms with Gasteiger partial charge >= 0.3 is 5.97 Å². The number of hydrogen-bond acceptors (Lipinski definition) is 5. The number of ether oxygens (including phenoxy) is 2. The first-order valence-electron chi connectivity index (χ1n) is 5.79. The number of pyridine rings is 1. The zero-order valence-electron chi connectivity index (χ0n) is 10.00. The first kappa shape index (κ1) is 11.2. The van der Waals surface area contributed by atoms with E-state index in [1.807, 2.05) is 6.07 Å². The Morgan fingerprint density at radius 1 is 1.56 bits per heavy atom. The van der Waals surface area contributed by atoms with Gasteiger partial charge in [-0.1, -0.05) is 0 Å². The monoisotopic (exact) mass is 247 g/mol. The second-order valence-electron chi connectivity index (χ2n) is 4.20. The van der Waals surface area contributed by atoms with Gasteiger partial charge in [-0.05, 0) is 18.6 Å². The molecule has 6 nitrogen and oxygen atoms in total. The average molecular weight is 247 g/mol. The fourth-order valence-electron chi connectivity index (χ4n) is 2.17. The third kappa shape index (κ3) is 1.74. The third-order valence-electron chi connectivity index (χ3n) is 3.13. The van der Waals surface area contributed by atoms with Crippen LogP contribution in [-0.4, -0.2) is 40.8 Å². The topological polar surface area (TPSA) is 66.2 Å². The van der Waals surface area contributed by atoms with Crippen LogP contribution in [0.15, 0.2) is 18.5 Å². The van der Waals surface area contributed by atoms with E-state index < -0.39 is 5.97 Å². The average Bonchev–Trinajstić information content (AvgIpc) is 3.05. The fraction of sp³-hybridized carbons (Fsp3) is 0.417. The molecule has 0 spiro atoms. The van der Waals surface area contributed by atoms with Gasteiger partial charge in [-0.2, -0.15) is 0 Å². The van der Waals surface area contributed by atoms with Gasteiger partial charge in [-0.25, -0.2) is 14.8 Å². The molecule has 0 aliphatic carbocycles. The minimum absolute atomic E-state index is 0.276. The highest BCUT2D eigenvalue weighted by atomic mass is 16.5. The highest BCUT2D eigenvalue weighted by molar-refractivity contribution is 5.89. The predicted octanol–water partition coefficient (Wildman–Crippen LogP) is 1.18. The van der Waals surface area contributed by atoms with E-state index in [-0.39, 0.29) is 5.69 Å². The van der Waals surface area contributed by atoms with E-state index in [9.17, 15) is 4.79 Å². The van der Waals surface area contributed by atoms with Gasteiger partial charge in [0.05, 0.1) is 31.6 Å². The number of hydrogen-bond donors (Lipinski definition) is 0. The predicted molar refractivity (Wildman–Crippen MR) is 63.3 cm³/mol. The van der Waals surface area contributed by atoms with E-state index in [2.05, 4.69) is 19.3 Å². The molecular weight excluding hydrogens is 234 g/mol. The number of esters is 1. The second kappa shape index (κ2) is 4.38. The third-order valence-corrected chi connectivity index (χ3v) is 3.13. The highest BCUT2D eigenvalue weighted by Gasteiger charge is 2.20. The standard InChI is InChI=1S/C12H13N3O3/c1-17-12(16)9-2-3-10-11(14-9)13-7-15(10)8-4-5-18-6-8/h2-3,7-8H,4-6H2,1H3. The Morgan fingerprint density at radius 2 is 2.44 bits per heavy atom. The number of methoxy groups -OCH3 is 1. The Bertz CT molecular complexity index is 587. The van der Waals surface area contributed by atoms with E-state index >= 15 is 0 Å². The van der Waals surface area contributed by atoms with E-state index in [0.717, 1.165) is 18.5 Å². The van der Waals surface area contributed by atoms with Crippen LogP contribution < -0.4 is 0 Å². The molecule has 1 fully saturated rings. The van der Waals surface area contributed by atoms with Gasteiger partial charge in [0.15, 0.2) is 11.3 Å². The quantitative estimate of drug-likeness (QED) is 0.745. The minimum atomic E-state index is -0.448. The molecule has 18 heavy (non-hydrogen) atoms. The van der Waals surface area contributed by atoms with Crippen molar-refractivity contribution in [2.75, 3.05) is 20.3 Å². The van der Waals surface area contributed by atoms with Gasteiger partial charge in [-0.3, -0.25) is 0 Å². The molecule has 2 aromatic heterocycles. The summed E-state index contributed by atoms with van der Waals surface area (Å²) in [4.78, 5) is 19.8. The molecule has 0 N–H and O–H groups in total. The number of aromatic nitrogens is 3. The molecular formula is C12H13N3O3. The van der Waals surface area contributed by atoms with Crippen LogP contribution in [0.4, 0.5) is 0 Å². The summed E-state index contributed by atoms with van der Waals surface area (Å²) in [6.07, 6.45) is 2.72. The van der Waals surface area contributed by atoms with Crippen LogP contribution in [0, 0.1) is 0 Å².